The van der Waals surface area contributed by atoms with Crippen molar-refractivity contribution in [3.05, 3.63) is 29.3 Å². The van der Waals surface area contributed by atoms with Gasteiger partial charge in [0, 0.05) is 6.04 Å². The van der Waals surface area contributed by atoms with Gasteiger partial charge in [-0.3, -0.25) is 0 Å². The second-order valence-corrected chi connectivity index (χ2v) is 3.44. The number of ether oxygens (including phenoxy) is 1. The van der Waals surface area contributed by atoms with Crippen molar-refractivity contribution >= 4 is 0 Å². The molecule has 70 valence electrons. The fourth-order valence-corrected chi connectivity index (χ4v) is 1.88. The Balaban J connectivity index is 2.29. The van der Waals surface area contributed by atoms with E-state index in [0.29, 0.717) is 0 Å². The molecule has 2 heteroatoms. The van der Waals surface area contributed by atoms with Crippen molar-refractivity contribution in [2.45, 2.75) is 25.8 Å². The lowest BCUT2D eigenvalue weighted by molar-refractivity contribution is 0.340. The van der Waals surface area contributed by atoms with E-state index in [2.05, 4.69) is 12.1 Å². The van der Waals surface area contributed by atoms with Gasteiger partial charge in [0.2, 0.25) is 0 Å². The second-order valence-electron chi connectivity index (χ2n) is 3.44. The number of aryl methyl sites for hydroxylation is 1. The lowest BCUT2D eigenvalue weighted by Gasteiger charge is -2.07. The number of fused-ring (bicyclic) bond motifs is 1. The van der Waals surface area contributed by atoms with Crippen LogP contribution in [0.25, 0.3) is 0 Å². The van der Waals surface area contributed by atoms with Gasteiger partial charge in [0.05, 0.1) is 6.61 Å². The fraction of sp³-hybridized carbons (Fsp3) is 0.455. The smallest absolute Gasteiger partial charge is 0.119 e. The summed E-state index contributed by atoms with van der Waals surface area (Å²) in [6.45, 7) is 2.73. The molecular formula is C11H15NO. The summed E-state index contributed by atoms with van der Waals surface area (Å²) >= 11 is 0. The molecule has 2 nitrogen and oxygen atoms in total. The first kappa shape index (κ1) is 8.57. The van der Waals surface area contributed by atoms with Gasteiger partial charge < -0.3 is 10.5 Å². The summed E-state index contributed by atoms with van der Waals surface area (Å²) < 4.78 is 5.43. The van der Waals surface area contributed by atoms with Gasteiger partial charge in [0.15, 0.2) is 0 Å². The summed E-state index contributed by atoms with van der Waals surface area (Å²) in [5.41, 5.74) is 8.58. The molecule has 0 aromatic heterocycles. The van der Waals surface area contributed by atoms with E-state index in [0.717, 1.165) is 25.2 Å². The molecule has 1 aliphatic rings. The monoisotopic (exact) mass is 177 g/mol. The zero-order chi connectivity index (χ0) is 9.26. The zero-order valence-corrected chi connectivity index (χ0v) is 7.92. The van der Waals surface area contributed by atoms with Crippen LogP contribution in [-0.4, -0.2) is 6.61 Å². The summed E-state index contributed by atoms with van der Waals surface area (Å²) in [4.78, 5) is 0. The largest absolute Gasteiger partial charge is 0.494 e. The van der Waals surface area contributed by atoms with E-state index in [4.69, 9.17) is 10.5 Å². The van der Waals surface area contributed by atoms with Crippen LogP contribution in [0.3, 0.4) is 0 Å². The van der Waals surface area contributed by atoms with Crippen LogP contribution in [0, 0.1) is 0 Å². The summed E-state index contributed by atoms with van der Waals surface area (Å²) in [5, 5.41) is 0. The average molecular weight is 177 g/mol. The minimum absolute atomic E-state index is 0.241. The third-order valence-corrected chi connectivity index (χ3v) is 2.55. The Kier molecular flexibility index (Phi) is 2.23. The van der Waals surface area contributed by atoms with Gasteiger partial charge >= 0.3 is 0 Å². The van der Waals surface area contributed by atoms with Crippen molar-refractivity contribution in [1.82, 2.24) is 0 Å². The van der Waals surface area contributed by atoms with Crippen molar-refractivity contribution in [2.24, 2.45) is 5.73 Å². The van der Waals surface area contributed by atoms with Crippen LogP contribution in [-0.2, 0) is 6.42 Å². The quantitative estimate of drug-likeness (QED) is 0.750. The van der Waals surface area contributed by atoms with Crippen molar-refractivity contribution in [3.8, 4) is 5.75 Å². The van der Waals surface area contributed by atoms with Gasteiger partial charge in [-0.2, -0.15) is 0 Å². The number of nitrogens with two attached hydrogens (primary N) is 1. The minimum Gasteiger partial charge on any atom is -0.494 e. The van der Waals surface area contributed by atoms with Crippen LogP contribution >= 0.6 is 0 Å². The van der Waals surface area contributed by atoms with Gasteiger partial charge in [-0.05, 0) is 43.0 Å². The van der Waals surface area contributed by atoms with E-state index < -0.39 is 0 Å². The average Bonchev–Trinajstić information content (AvgIpc) is 2.48. The van der Waals surface area contributed by atoms with E-state index in [-0.39, 0.29) is 6.04 Å². The molecule has 1 aromatic rings. The zero-order valence-electron chi connectivity index (χ0n) is 7.92. The molecule has 1 atom stereocenters. The molecule has 0 amide bonds. The topological polar surface area (TPSA) is 35.2 Å². The molecule has 0 aliphatic heterocycles. The molecule has 1 aliphatic carbocycles. The van der Waals surface area contributed by atoms with Gasteiger partial charge in [0.25, 0.3) is 0 Å². The Hall–Kier alpha value is -1.02. The third kappa shape index (κ3) is 1.54. The first-order valence-corrected chi connectivity index (χ1v) is 4.82. The first-order valence-electron chi connectivity index (χ1n) is 4.82. The maximum atomic E-state index is 5.93. The highest BCUT2D eigenvalue weighted by Gasteiger charge is 2.18. The molecule has 0 radical (unpaired) electrons. The predicted octanol–water partition coefficient (Wildman–Crippen LogP) is 2.03. The number of hydrogen-bond donors (Lipinski definition) is 1. The normalized spacial score (nSPS) is 20.0. The molecule has 13 heavy (non-hydrogen) atoms. The van der Waals surface area contributed by atoms with Crippen LogP contribution in [0.5, 0.6) is 5.75 Å². The molecule has 0 heterocycles. The predicted molar refractivity (Wildman–Crippen MR) is 52.9 cm³/mol. The number of rotatable bonds is 2. The van der Waals surface area contributed by atoms with Crippen molar-refractivity contribution < 1.29 is 4.74 Å². The highest BCUT2D eigenvalue weighted by molar-refractivity contribution is 5.40. The maximum Gasteiger partial charge on any atom is 0.119 e. The van der Waals surface area contributed by atoms with Gasteiger partial charge in [-0.15, -0.1) is 0 Å². The summed E-state index contributed by atoms with van der Waals surface area (Å²) in [6, 6.07) is 6.46. The Labute approximate surface area is 78.7 Å². The Morgan fingerprint density at radius 2 is 2.38 bits per heavy atom. The van der Waals surface area contributed by atoms with Crippen molar-refractivity contribution in [1.29, 1.82) is 0 Å². The fourth-order valence-electron chi connectivity index (χ4n) is 1.88. The summed E-state index contributed by atoms with van der Waals surface area (Å²) in [7, 11) is 0. The van der Waals surface area contributed by atoms with Crippen LogP contribution in [0.2, 0.25) is 0 Å². The van der Waals surface area contributed by atoms with E-state index in [9.17, 15) is 0 Å². The lowest BCUT2D eigenvalue weighted by Crippen LogP contribution is -2.04. The third-order valence-electron chi connectivity index (χ3n) is 2.55. The van der Waals surface area contributed by atoms with E-state index in [1.54, 1.807) is 0 Å². The van der Waals surface area contributed by atoms with E-state index >= 15 is 0 Å². The maximum absolute atomic E-state index is 5.93. The molecule has 0 fully saturated rings. The minimum atomic E-state index is 0.241. The summed E-state index contributed by atoms with van der Waals surface area (Å²) in [5.74, 6) is 0.968. The molecule has 1 aromatic carbocycles. The van der Waals surface area contributed by atoms with E-state index in [1.165, 1.54) is 11.1 Å². The number of benzene rings is 1. The highest BCUT2D eigenvalue weighted by Crippen LogP contribution is 2.31. The van der Waals surface area contributed by atoms with Crippen molar-refractivity contribution in [3.63, 3.8) is 0 Å². The SMILES string of the molecule is CCOc1ccc2c(c1)CCC2N. The summed E-state index contributed by atoms with van der Waals surface area (Å²) in [6.07, 6.45) is 2.17. The highest BCUT2D eigenvalue weighted by atomic mass is 16.5. The first-order chi connectivity index (χ1) is 6.31. The second kappa shape index (κ2) is 3.38. The van der Waals surface area contributed by atoms with Gasteiger partial charge in [-0.25, -0.2) is 0 Å². The molecule has 0 saturated heterocycles. The molecule has 0 saturated carbocycles. The molecule has 0 bridgehead atoms. The van der Waals surface area contributed by atoms with Crippen LogP contribution in [0.15, 0.2) is 18.2 Å². The van der Waals surface area contributed by atoms with Crippen molar-refractivity contribution in [2.75, 3.05) is 6.61 Å². The van der Waals surface area contributed by atoms with Crippen LogP contribution in [0.1, 0.15) is 30.5 Å². The van der Waals surface area contributed by atoms with Gasteiger partial charge in [-0.1, -0.05) is 6.07 Å². The Morgan fingerprint density at radius 1 is 1.54 bits per heavy atom. The van der Waals surface area contributed by atoms with Gasteiger partial charge in [0.1, 0.15) is 5.75 Å². The molecule has 2 rings (SSSR count). The Morgan fingerprint density at radius 3 is 3.15 bits per heavy atom. The van der Waals surface area contributed by atoms with E-state index in [1.807, 2.05) is 13.0 Å². The van der Waals surface area contributed by atoms with Crippen LogP contribution < -0.4 is 10.5 Å². The lowest BCUT2D eigenvalue weighted by atomic mass is 10.1. The Bertz CT molecular complexity index is 309. The molecule has 0 spiro atoms. The molecule has 1 unspecified atom stereocenters. The molecule has 2 N–H and O–H groups in total. The van der Waals surface area contributed by atoms with Crippen LogP contribution in [0.4, 0.5) is 0 Å². The standard InChI is InChI=1S/C11H15NO/c1-2-13-9-4-5-10-8(7-9)3-6-11(10)12/h4-5,7,11H,2-3,6,12H2,1H3. The molecular weight excluding hydrogens is 162 g/mol. The number of hydrogen-bond acceptors (Lipinski definition) is 2.